The lowest BCUT2D eigenvalue weighted by molar-refractivity contribution is -0.149. The van der Waals surface area contributed by atoms with E-state index in [1.54, 1.807) is 0 Å². The van der Waals surface area contributed by atoms with Crippen molar-refractivity contribution < 1.29 is 19.1 Å². The van der Waals surface area contributed by atoms with Crippen LogP contribution in [-0.2, 0) is 20.9 Å². The summed E-state index contributed by atoms with van der Waals surface area (Å²) in [6.45, 7) is 6.60. The van der Waals surface area contributed by atoms with Crippen LogP contribution in [0.5, 0.6) is 0 Å². The van der Waals surface area contributed by atoms with Gasteiger partial charge in [0.1, 0.15) is 18.7 Å². The number of carbonyl (C=O) groups excluding carboxylic acids is 3. The smallest absolute Gasteiger partial charge is 0.326 e. The first-order valence-corrected chi connectivity index (χ1v) is 9.46. The van der Waals surface area contributed by atoms with Gasteiger partial charge >= 0.3 is 12.0 Å². The van der Waals surface area contributed by atoms with Crippen LogP contribution in [0.3, 0.4) is 0 Å². The van der Waals surface area contributed by atoms with Crippen LogP contribution in [0.1, 0.15) is 32.3 Å². The second-order valence-corrected chi connectivity index (χ2v) is 7.74. The maximum absolute atomic E-state index is 12.8. The Labute approximate surface area is 159 Å². The molecule has 0 saturated carbocycles. The molecule has 2 aliphatic heterocycles. The first-order chi connectivity index (χ1) is 12.9. The number of nitrogens with one attached hydrogen (secondary N) is 1. The van der Waals surface area contributed by atoms with Gasteiger partial charge in [-0.15, -0.1) is 0 Å². The van der Waals surface area contributed by atoms with E-state index in [0.717, 1.165) is 30.1 Å². The fourth-order valence-corrected chi connectivity index (χ4v) is 3.71. The van der Waals surface area contributed by atoms with E-state index >= 15 is 0 Å². The van der Waals surface area contributed by atoms with Gasteiger partial charge in [-0.2, -0.15) is 0 Å². The van der Waals surface area contributed by atoms with Crippen LogP contribution in [-0.4, -0.2) is 59.4 Å². The van der Waals surface area contributed by atoms with E-state index in [-0.39, 0.29) is 19.1 Å². The molecular formula is C20H27N3O4. The molecule has 2 aliphatic rings. The van der Waals surface area contributed by atoms with E-state index in [1.807, 2.05) is 30.3 Å². The van der Waals surface area contributed by atoms with Gasteiger partial charge < -0.3 is 15.0 Å². The van der Waals surface area contributed by atoms with Crippen molar-refractivity contribution in [3.63, 3.8) is 0 Å². The fraction of sp³-hybridized carbons (Fsp3) is 0.550. The molecule has 0 atom stereocenters. The summed E-state index contributed by atoms with van der Waals surface area (Å²) in [5, 5.41) is 2.83. The second kappa shape index (κ2) is 8.08. The van der Waals surface area contributed by atoms with Gasteiger partial charge in [0.2, 0.25) is 0 Å². The van der Waals surface area contributed by atoms with Crippen LogP contribution in [0.2, 0.25) is 0 Å². The number of hydrogen-bond acceptors (Lipinski definition) is 5. The Hall–Kier alpha value is -2.41. The van der Waals surface area contributed by atoms with E-state index in [9.17, 15) is 14.4 Å². The summed E-state index contributed by atoms with van der Waals surface area (Å²) in [5.74, 6) is -0.339. The molecule has 0 radical (unpaired) electrons. The molecule has 2 fully saturated rings. The zero-order valence-corrected chi connectivity index (χ0v) is 15.9. The van der Waals surface area contributed by atoms with Crippen LogP contribution >= 0.6 is 0 Å². The molecular weight excluding hydrogens is 346 g/mol. The van der Waals surface area contributed by atoms with Crippen LogP contribution in [0.15, 0.2) is 30.3 Å². The average molecular weight is 373 g/mol. The first-order valence-electron chi connectivity index (χ1n) is 9.46. The third-order valence-corrected chi connectivity index (χ3v) is 5.11. The summed E-state index contributed by atoms with van der Waals surface area (Å²) in [7, 11) is 0. The quantitative estimate of drug-likeness (QED) is 0.607. The highest BCUT2D eigenvalue weighted by Crippen LogP contribution is 2.29. The Bertz CT molecular complexity index is 696. The van der Waals surface area contributed by atoms with Crippen molar-refractivity contribution in [1.29, 1.82) is 0 Å². The summed E-state index contributed by atoms with van der Waals surface area (Å²) in [6.07, 6.45) is 1.14. The number of amides is 3. The molecule has 3 amide bonds. The van der Waals surface area contributed by atoms with Crippen molar-refractivity contribution in [3.8, 4) is 0 Å². The highest BCUT2D eigenvalue weighted by molar-refractivity contribution is 6.08. The van der Waals surface area contributed by atoms with E-state index in [2.05, 4.69) is 24.1 Å². The van der Waals surface area contributed by atoms with Crippen molar-refractivity contribution in [1.82, 2.24) is 15.1 Å². The van der Waals surface area contributed by atoms with Crippen LogP contribution in [0.4, 0.5) is 4.79 Å². The van der Waals surface area contributed by atoms with Gasteiger partial charge in [0, 0.05) is 19.6 Å². The zero-order chi connectivity index (χ0) is 19.4. The lowest BCUT2D eigenvalue weighted by Crippen LogP contribution is -2.55. The molecule has 146 valence electrons. The molecule has 0 unspecified atom stereocenters. The maximum Gasteiger partial charge on any atom is 0.326 e. The molecule has 27 heavy (non-hydrogen) atoms. The molecule has 1 spiro atoms. The Morgan fingerprint density at radius 1 is 1.19 bits per heavy atom. The molecule has 0 aliphatic carbocycles. The number of rotatable bonds is 6. The van der Waals surface area contributed by atoms with Crippen molar-refractivity contribution in [2.45, 2.75) is 38.8 Å². The van der Waals surface area contributed by atoms with Gasteiger partial charge in [-0.3, -0.25) is 14.5 Å². The minimum absolute atomic E-state index is 0.124. The third kappa shape index (κ3) is 4.47. The number of urea groups is 1. The van der Waals surface area contributed by atoms with Gasteiger partial charge in [-0.05, 0) is 24.3 Å². The lowest BCUT2D eigenvalue weighted by atomic mass is 9.87. The molecule has 1 aromatic carbocycles. The average Bonchev–Trinajstić information content (AvgIpc) is 2.87. The third-order valence-electron chi connectivity index (χ3n) is 5.11. The molecule has 1 aromatic rings. The molecule has 3 rings (SSSR count). The van der Waals surface area contributed by atoms with Crippen LogP contribution in [0, 0.1) is 5.92 Å². The summed E-state index contributed by atoms with van der Waals surface area (Å²) in [4.78, 5) is 40.6. The monoisotopic (exact) mass is 373 g/mol. The lowest BCUT2D eigenvalue weighted by Gasteiger charge is -2.37. The number of imide groups is 1. The highest BCUT2D eigenvalue weighted by atomic mass is 16.5. The van der Waals surface area contributed by atoms with Crippen LogP contribution < -0.4 is 5.32 Å². The number of esters is 1. The second-order valence-electron chi connectivity index (χ2n) is 7.74. The minimum atomic E-state index is -0.871. The molecule has 0 bridgehead atoms. The van der Waals surface area contributed by atoms with E-state index < -0.39 is 17.5 Å². The Balaban J connectivity index is 1.54. The summed E-state index contributed by atoms with van der Waals surface area (Å²) in [6, 6.07) is 8.78. The number of likely N-dealkylation sites (tertiary alicyclic amines) is 1. The predicted octanol–water partition coefficient (Wildman–Crippen LogP) is 1.77. The van der Waals surface area contributed by atoms with Crippen molar-refractivity contribution in [2.75, 3.05) is 26.2 Å². The van der Waals surface area contributed by atoms with Gasteiger partial charge in [0.15, 0.2) is 0 Å². The van der Waals surface area contributed by atoms with Crippen molar-refractivity contribution >= 4 is 17.9 Å². The van der Waals surface area contributed by atoms with E-state index in [0.29, 0.717) is 18.8 Å². The Morgan fingerprint density at radius 2 is 1.85 bits per heavy atom. The van der Waals surface area contributed by atoms with Gasteiger partial charge in [-0.1, -0.05) is 44.2 Å². The number of benzene rings is 1. The standard InChI is InChI=1S/C20H27N3O4/c1-15(2)12-22-10-8-20(9-11-22)18(25)23(19(26)21-20)13-17(24)27-14-16-6-4-3-5-7-16/h3-7,15H,8-14H2,1-2H3,(H,21,26). The van der Waals surface area contributed by atoms with Gasteiger partial charge in [0.05, 0.1) is 0 Å². The molecule has 7 heteroatoms. The summed E-state index contributed by atoms with van der Waals surface area (Å²) >= 11 is 0. The van der Waals surface area contributed by atoms with Gasteiger partial charge in [-0.25, -0.2) is 4.79 Å². The predicted molar refractivity (Wildman–Crippen MR) is 99.7 cm³/mol. The van der Waals surface area contributed by atoms with Crippen LogP contribution in [0.25, 0.3) is 0 Å². The molecule has 7 nitrogen and oxygen atoms in total. The topological polar surface area (TPSA) is 79.0 Å². The normalized spacial score (nSPS) is 19.6. The molecule has 2 heterocycles. The number of piperidine rings is 1. The molecule has 1 N–H and O–H groups in total. The largest absolute Gasteiger partial charge is 0.459 e. The first kappa shape index (κ1) is 19.4. The maximum atomic E-state index is 12.8. The molecule has 0 aromatic heterocycles. The number of nitrogens with zero attached hydrogens (tertiary/aromatic N) is 2. The van der Waals surface area contributed by atoms with E-state index in [4.69, 9.17) is 4.74 Å². The number of carbonyl (C=O) groups is 3. The Kier molecular flexibility index (Phi) is 5.79. The fourth-order valence-electron chi connectivity index (χ4n) is 3.71. The number of ether oxygens (including phenoxy) is 1. The minimum Gasteiger partial charge on any atom is -0.459 e. The Morgan fingerprint density at radius 3 is 2.48 bits per heavy atom. The zero-order valence-electron chi connectivity index (χ0n) is 15.9. The highest BCUT2D eigenvalue weighted by Gasteiger charge is 2.52. The van der Waals surface area contributed by atoms with Crippen molar-refractivity contribution in [3.05, 3.63) is 35.9 Å². The SMILES string of the molecule is CC(C)CN1CCC2(CC1)NC(=O)N(CC(=O)OCc1ccccc1)C2=O. The van der Waals surface area contributed by atoms with Crippen molar-refractivity contribution in [2.24, 2.45) is 5.92 Å². The summed E-state index contributed by atoms with van der Waals surface area (Å²) in [5.41, 5.74) is -0.0124. The number of hydrogen-bond donors (Lipinski definition) is 1. The van der Waals surface area contributed by atoms with E-state index in [1.165, 1.54) is 0 Å². The summed E-state index contributed by atoms with van der Waals surface area (Å²) < 4.78 is 5.20. The van der Waals surface area contributed by atoms with Gasteiger partial charge in [0.25, 0.3) is 5.91 Å². The molecule has 2 saturated heterocycles.